The first kappa shape index (κ1) is 16.0. The lowest BCUT2D eigenvalue weighted by Gasteiger charge is -2.22. The molecule has 0 saturated heterocycles. The average molecular weight is 284 g/mol. The van der Waals surface area contributed by atoms with E-state index in [4.69, 9.17) is 5.73 Å². The second-order valence-corrected chi connectivity index (χ2v) is 7.16. The first-order valence-electron chi connectivity index (χ1n) is 6.57. The minimum absolute atomic E-state index is 0.00941. The second kappa shape index (κ2) is 5.96. The summed E-state index contributed by atoms with van der Waals surface area (Å²) >= 11 is 1.53. The molecule has 0 fully saturated rings. The van der Waals surface area contributed by atoms with Crippen molar-refractivity contribution in [3.63, 3.8) is 0 Å². The van der Waals surface area contributed by atoms with Crippen molar-refractivity contribution in [2.75, 3.05) is 0 Å². The van der Waals surface area contributed by atoms with Crippen molar-refractivity contribution in [1.82, 2.24) is 15.5 Å². The van der Waals surface area contributed by atoms with Crippen LogP contribution in [-0.4, -0.2) is 21.6 Å². The van der Waals surface area contributed by atoms with Gasteiger partial charge in [-0.1, -0.05) is 45.5 Å². The fourth-order valence-corrected chi connectivity index (χ4v) is 2.46. The lowest BCUT2D eigenvalue weighted by atomic mass is 9.97. The van der Waals surface area contributed by atoms with Crippen molar-refractivity contribution >= 4 is 17.2 Å². The number of rotatable bonds is 5. The number of carbonyl (C=O) groups is 1. The molecule has 1 aromatic rings. The van der Waals surface area contributed by atoms with Gasteiger partial charge in [0.05, 0.1) is 12.1 Å². The topological polar surface area (TPSA) is 80.9 Å². The van der Waals surface area contributed by atoms with E-state index in [-0.39, 0.29) is 11.3 Å². The smallest absolute Gasteiger partial charge is 0.240 e. The summed E-state index contributed by atoms with van der Waals surface area (Å²) in [7, 11) is 0. The first-order valence-corrected chi connectivity index (χ1v) is 7.38. The molecular weight excluding hydrogens is 260 g/mol. The van der Waals surface area contributed by atoms with Gasteiger partial charge in [-0.05, 0) is 13.3 Å². The van der Waals surface area contributed by atoms with E-state index in [0.29, 0.717) is 13.0 Å². The minimum atomic E-state index is -0.813. The number of amides is 1. The maximum absolute atomic E-state index is 12.0. The summed E-state index contributed by atoms with van der Waals surface area (Å²) in [6.45, 7) is 10.4. The highest BCUT2D eigenvalue weighted by Crippen LogP contribution is 2.25. The molecular formula is C13H24N4OS. The van der Waals surface area contributed by atoms with Gasteiger partial charge in [-0.2, -0.15) is 0 Å². The molecule has 0 saturated carbocycles. The predicted octanol–water partition coefficient (Wildman–Crippen LogP) is 1.97. The fraction of sp³-hybridized carbons (Fsp3) is 0.769. The van der Waals surface area contributed by atoms with Crippen molar-refractivity contribution in [3.05, 3.63) is 10.0 Å². The van der Waals surface area contributed by atoms with Crippen molar-refractivity contribution in [2.24, 2.45) is 5.73 Å². The number of carbonyl (C=O) groups excluding carboxylic acids is 1. The van der Waals surface area contributed by atoms with Crippen molar-refractivity contribution in [1.29, 1.82) is 0 Å². The van der Waals surface area contributed by atoms with Crippen LogP contribution in [-0.2, 0) is 16.8 Å². The van der Waals surface area contributed by atoms with E-state index >= 15 is 0 Å². The molecule has 5 nitrogen and oxygen atoms in total. The zero-order valence-corrected chi connectivity index (χ0v) is 13.2. The van der Waals surface area contributed by atoms with Gasteiger partial charge in [-0.15, -0.1) is 10.2 Å². The number of nitrogens with zero attached hydrogens (tertiary/aromatic N) is 2. The van der Waals surface area contributed by atoms with Gasteiger partial charge >= 0.3 is 0 Å². The monoisotopic (exact) mass is 284 g/mol. The molecule has 0 aromatic carbocycles. The highest BCUT2D eigenvalue weighted by atomic mass is 32.1. The molecule has 0 radical (unpaired) electrons. The summed E-state index contributed by atoms with van der Waals surface area (Å²) in [5, 5.41) is 12.9. The van der Waals surface area contributed by atoms with E-state index in [2.05, 4.69) is 36.3 Å². The lowest BCUT2D eigenvalue weighted by Crippen LogP contribution is -2.51. The molecule has 0 aliphatic rings. The van der Waals surface area contributed by atoms with Gasteiger partial charge in [-0.3, -0.25) is 4.79 Å². The quantitative estimate of drug-likeness (QED) is 0.866. The van der Waals surface area contributed by atoms with E-state index in [1.165, 1.54) is 11.3 Å². The largest absolute Gasteiger partial charge is 0.348 e. The molecule has 0 aliphatic carbocycles. The third kappa shape index (κ3) is 4.54. The van der Waals surface area contributed by atoms with Crippen LogP contribution in [0.5, 0.6) is 0 Å². The molecule has 1 amide bonds. The molecule has 1 aromatic heterocycles. The lowest BCUT2D eigenvalue weighted by molar-refractivity contribution is -0.126. The van der Waals surface area contributed by atoms with Crippen LogP contribution >= 0.6 is 11.3 Å². The maximum Gasteiger partial charge on any atom is 0.240 e. The minimum Gasteiger partial charge on any atom is -0.348 e. The molecule has 0 aliphatic heterocycles. The Morgan fingerprint density at radius 1 is 1.32 bits per heavy atom. The molecule has 0 spiro atoms. The number of nitrogens with two attached hydrogens (primary N) is 1. The van der Waals surface area contributed by atoms with E-state index in [1.54, 1.807) is 6.92 Å². The molecule has 1 unspecified atom stereocenters. The Bertz CT molecular complexity index is 434. The van der Waals surface area contributed by atoms with Crippen LogP contribution in [0.25, 0.3) is 0 Å². The molecule has 1 rings (SSSR count). The third-order valence-electron chi connectivity index (χ3n) is 2.80. The molecule has 19 heavy (non-hydrogen) atoms. The average Bonchev–Trinajstić information content (AvgIpc) is 2.73. The van der Waals surface area contributed by atoms with Crippen LogP contribution in [0.2, 0.25) is 0 Å². The van der Waals surface area contributed by atoms with Gasteiger partial charge in [0, 0.05) is 5.41 Å². The van der Waals surface area contributed by atoms with Crippen molar-refractivity contribution in [3.8, 4) is 0 Å². The van der Waals surface area contributed by atoms with E-state index in [9.17, 15) is 4.79 Å². The molecule has 1 heterocycles. The molecule has 0 bridgehead atoms. The summed E-state index contributed by atoms with van der Waals surface area (Å²) in [6, 6.07) is 0. The highest BCUT2D eigenvalue weighted by Gasteiger charge is 2.27. The van der Waals surface area contributed by atoms with Gasteiger partial charge < -0.3 is 11.1 Å². The summed E-state index contributed by atoms with van der Waals surface area (Å²) < 4.78 is 0. The van der Waals surface area contributed by atoms with Crippen LogP contribution in [0.1, 0.15) is 57.5 Å². The maximum atomic E-state index is 12.0. The standard InChI is InChI=1S/C13H24N4OS/c1-6-7-13(5,14)10(18)15-8-9-16-17-11(19-9)12(2,3)4/h6-8,14H2,1-5H3,(H,15,18). The predicted molar refractivity (Wildman–Crippen MR) is 78.0 cm³/mol. The summed E-state index contributed by atoms with van der Waals surface area (Å²) in [4.78, 5) is 12.0. The van der Waals surface area contributed by atoms with Gasteiger partial charge in [0.25, 0.3) is 0 Å². The van der Waals surface area contributed by atoms with E-state index in [1.807, 2.05) is 6.92 Å². The van der Waals surface area contributed by atoms with Gasteiger partial charge in [0.1, 0.15) is 10.0 Å². The third-order valence-corrected chi connectivity index (χ3v) is 4.15. The van der Waals surface area contributed by atoms with Crippen molar-refractivity contribution < 1.29 is 4.79 Å². The van der Waals surface area contributed by atoms with Crippen molar-refractivity contribution in [2.45, 2.75) is 65.0 Å². The summed E-state index contributed by atoms with van der Waals surface area (Å²) in [5.41, 5.74) is 5.14. The Morgan fingerprint density at radius 2 is 1.95 bits per heavy atom. The van der Waals surface area contributed by atoms with E-state index < -0.39 is 5.54 Å². The number of aromatic nitrogens is 2. The molecule has 6 heteroatoms. The molecule has 108 valence electrons. The van der Waals surface area contributed by atoms with Crippen LogP contribution in [0.3, 0.4) is 0 Å². The zero-order valence-electron chi connectivity index (χ0n) is 12.4. The summed E-state index contributed by atoms with van der Waals surface area (Å²) in [5.74, 6) is -0.137. The Hall–Kier alpha value is -1.01. The van der Waals surface area contributed by atoms with Crippen LogP contribution in [0, 0.1) is 0 Å². The SMILES string of the molecule is CCCC(C)(N)C(=O)NCc1nnc(C(C)(C)C)s1. The Labute approximate surface area is 119 Å². The highest BCUT2D eigenvalue weighted by molar-refractivity contribution is 7.11. The Kier molecular flexibility index (Phi) is 5.04. The summed E-state index contributed by atoms with van der Waals surface area (Å²) in [6.07, 6.45) is 1.55. The van der Waals surface area contributed by atoms with Gasteiger partial charge in [-0.25, -0.2) is 0 Å². The molecule has 3 N–H and O–H groups in total. The van der Waals surface area contributed by atoms with Gasteiger partial charge in [0.2, 0.25) is 5.91 Å². The normalized spacial score (nSPS) is 15.1. The number of hydrogen-bond donors (Lipinski definition) is 2. The fourth-order valence-electron chi connectivity index (χ4n) is 1.62. The Morgan fingerprint density at radius 3 is 2.42 bits per heavy atom. The number of nitrogens with one attached hydrogen (secondary N) is 1. The van der Waals surface area contributed by atoms with Crippen LogP contribution in [0.4, 0.5) is 0 Å². The zero-order chi connectivity index (χ0) is 14.7. The van der Waals surface area contributed by atoms with E-state index in [0.717, 1.165) is 16.4 Å². The molecule has 1 atom stereocenters. The second-order valence-electron chi connectivity index (χ2n) is 6.10. The number of hydrogen-bond acceptors (Lipinski definition) is 5. The van der Waals surface area contributed by atoms with Crippen LogP contribution < -0.4 is 11.1 Å². The first-order chi connectivity index (χ1) is 8.66. The Balaban J connectivity index is 2.58. The van der Waals surface area contributed by atoms with Gasteiger partial charge in [0.15, 0.2) is 0 Å². The van der Waals surface area contributed by atoms with Crippen LogP contribution in [0.15, 0.2) is 0 Å².